The van der Waals surface area contributed by atoms with E-state index >= 15 is 0 Å². The first-order chi connectivity index (χ1) is 9.20. The largest absolute Gasteiger partial charge is 0.497 e. The molecule has 1 aliphatic heterocycles. The lowest BCUT2D eigenvalue weighted by Crippen LogP contribution is -2.09. The molecule has 0 saturated carbocycles. The molecule has 2 aromatic rings. The average molecular weight is 270 g/mol. The second kappa shape index (κ2) is 4.74. The Kier molecular flexibility index (Phi) is 3.07. The summed E-state index contributed by atoms with van der Waals surface area (Å²) in [5.41, 5.74) is 1.89. The third-order valence-corrected chi connectivity index (χ3v) is 4.60. The van der Waals surface area contributed by atoms with E-state index < -0.39 is 0 Å². The van der Waals surface area contributed by atoms with Crippen molar-refractivity contribution >= 4 is 17.5 Å². The molecule has 0 saturated heterocycles. The Hall–Kier alpha value is -1.74. The summed E-state index contributed by atoms with van der Waals surface area (Å²) in [5, 5.41) is 0. The van der Waals surface area contributed by atoms with Crippen molar-refractivity contribution < 1.29 is 9.53 Å². The van der Waals surface area contributed by atoms with E-state index in [4.69, 9.17) is 4.74 Å². The van der Waals surface area contributed by atoms with Crippen LogP contribution in [-0.4, -0.2) is 12.9 Å². The molecule has 96 valence electrons. The predicted octanol–water partition coefficient (Wildman–Crippen LogP) is 4.15. The SMILES string of the molecule is COc1ccc2c(c1)Sc1ccccc1[C@H](C)C2=O. The normalized spacial score (nSPS) is 17.4. The fourth-order valence-corrected chi connectivity index (χ4v) is 3.54. The van der Waals surface area contributed by atoms with Crippen LogP contribution in [0.25, 0.3) is 0 Å². The Morgan fingerprint density at radius 2 is 1.89 bits per heavy atom. The highest BCUT2D eigenvalue weighted by atomic mass is 32.2. The van der Waals surface area contributed by atoms with Crippen LogP contribution in [0.15, 0.2) is 52.3 Å². The van der Waals surface area contributed by atoms with Gasteiger partial charge in [-0.3, -0.25) is 4.79 Å². The van der Waals surface area contributed by atoms with Gasteiger partial charge in [0.2, 0.25) is 0 Å². The molecule has 0 unspecified atom stereocenters. The van der Waals surface area contributed by atoms with Gasteiger partial charge in [-0.15, -0.1) is 0 Å². The van der Waals surface area contributed by atoms with Crippen LogP contribution in [0, 0.1) is 0 Å². The number of rotatable bonds is 1. The minimum atomic E-state index is -0.0988. The van der Waals surface area contributed by atoms with Gasteiger partial charge in [-0.25, -0.2) is 0 Å². The average Bonchev–Trinajstić information content (AvgIpc) is 2.55. The number of fused-ring (bicyclic) bond motifs is 2. The summed E-state index contributed by atoms with van der Waals surface area (Å²) < 4.78 is 5.25. The summed E-state index contributed by atoms with van der Waals surface area (Å²) in [4.78, 5) is 14.7. The fraction of sp³-hybridized carbons (Fsp3) is 0.188. The molecular formula is C16H14O2S. The van der Waals surface area contributed by atoms with Gasteiger partial charge in [-0.05, 0) is 29.8 Å². The molecule has 2 aromatic carbocycles. The van der Waals surface area contributed by atoms with Crippen LogP contribution >= 0.6 is 11.8 Å². The van der Waals surface area contributed by atoms with Crippen LogP contribution in [0.5, 0.6) is 5.75 Å². The van der Waals surface area contributed by atoms with Gasteiger partial charge >= 0.3 is 0 Å². The number of benzene rings is 2. The molecule has 19 heavy (non-hydrogen) atoms. The Labute approximate surface area is 116 Å². The highest BCUT2D eigenvalue weighted by Crippen LogP contribution is 2.42. The molecule has 1 aliphatic rings. The van der Waals surface area contributed by atoms with Gasteiger partial charge in [0.05, 0.1) is 7.11 Å². The molecule has 0 aromatic heterocycles. The lowest BCUT2D eigenvalue weighted by atomic mass is 9.92. The standard InChI is InChI=1S/C16H14O2S/c1-10-12-5-3-4-6-14(12)19-15-9-11(18-2)7-8-13(15)16(10)17/h3-10H,1-2H3/t10-/m0/s1. The van der Waals surface area contributed by atoms with E-state index in [2.05, 4.69) is 6.07 Å². The van der Waals surface area contributed by atoms with Gasteiger partial charge in [0.1, 0.15) is 5.75 Å². The third-order valence-electron chi connectivity index (χ3n) is 3.45. The van der Waals surface area contributed by atoms with Gasteiger partial charge < -0.3 is 4.74 Å². The van der Waals surface area contributed by atoms with Crippen molar-refractivity contribution in [2.24, 2.45) is 0 Å². The zero-order valence-electron chi connectivity index (χ0n) is 10.8. The third kappa shape index (κ3) is 2.04. The van der Waals surface area contributed by atoms with E-state index in [9.17, 15) is 4.79 Å². The molecule has 0 amide bonds. The van der Waals surface area contributed by atoms with Crippen LogP contribution in [0.4, 0.5) is 0 Å². The summed E-state index contributed by atoms with van der Waals surface area (Å²) >= 11 is 1.64. The first kappa shape index (κ1) is 12.3. The van der Waals surface area contributed by atoms with E-state index in [-0.39, 0.29) is 11.7 Å². The maximum atomic E-state index is 12.5. The number of hydrogen-bond acceptors (Lipinski definition) is 3. The molecule has 2 nitrogen and oxygen atoms in total. The number of Topliss-reactive ketones (excluding diaryl/α,β-unsaturated/α-hetero) is 1. The van der Waals surface area contributed by atoms with Crippen LogP contribution in [0.3, 0.4) is 0 Å². The van der Waals surface area contributed by atoms with E-state index in [1.165, 1.54) is 0 Å². The van der Waals surface area contributed by atoms with Crippen molar-refractivity contribution in [3.8, 4) is 5.75 Å². The molecule has 0 N–H and O–H groups in total. The van der Waals surface area contributed by atoms with Crippen molar-refractivity contribution in [2.75, 3.05) is 7.11 Å². The van der Waals surface area contributed by atoms with E-state index in [0.717, 1.165) is 26.7 Å². The maximum absolute atomic E-state index is 12.5. The second-order valence-corrected chi connectivity index (χ2v) is 5.67. The Bertz CT molecular complexity index is 649. The van der Waals surface area contributed by atoms with Gasteiger partial charge in [0.15, 0.2) is 5.78 Å². The lowest BCUT2D eigenvalue weighted by molar-refractivity contribution is 0.0963. The molecule has 3 heteroatoms. The molecule has 0 bridgehead atoms. The Morgan fingerprint density at radius 3 is 2.68 bits per heavy atom. The van der Waals surface area contributed by atoms with E-state index in [1.54, 1.807) is 18.9 Å². The minimum Gasteiger partial charge on any atom is -0.497 e. The lowest BCUT2D eigenvalue weighted by Gasteiger charge is -2.10. The first-order valence-corrected chi connectivity index (χ1v) is 7.01. The molecule has 1 atom stereocenters. The molecule has 0 aliphatic carbocycles. The summed E-state index contributed by atoms with van der Waals surface area (Å²) in [6.07, 6.45) is 0. The zero-order chi connectivity index (χ0) is 13.4. The van der Waals surface area contributed by atoms with Gasteiger partial charge in [0, 0.05) is 21.3 Å². The molecule has 0 fully saturated rings. The summed E-state index contributed by atoms with van der Waals surface area (Å²) in [6.45, 7) is 1.97. The second-order valence-electron chi connectivity index (χ2n) is 4.59. The Balaban J connectivity index is 2.19. The van der Waals surface area contributed by atoms with Crippen molar-refractivity contribution in [1.82, 2.24) is 0 Å². The maximum Gasteiger partial charge on any atom is 0.171 e. The van der Waals surface area contributed by atoms with Crippen molar-refractivity contribution in [3.63, 3.8) is 0 Å². The predicted molar refractivity (Wildman–Crippen MR) is 76.3 cm³/mol. The molecular weight excluding hydrogens is 256 g/mol. The Morgan fingerprint density at radius 1 is 1.11 bits per heavy atom. The smallest absolute Gasteiger partial charge is 0.171 e. The van der Waals surface area contributed by atoms with Crippen LogP contribution in [0.1, 0.15) is 28.8 Å². The molecule has 3 rings (SSSR count). The fourth-order valence-electron chi connectivity index (χ4n) is 2.34. The number of hydrogen-bond donors (Lipinski definition) is 0. The van der Waals surface area contributed by atoms with Crippen LogP contribution in [-0.2, 0) is 0 Å². The molecule has 1 heterocycles. The highest BCUT2D eigenvalue weighted by molar-refractivity contribution is 7.99. The number of ketones is 1. The van der Waals surface area contributed by atoms with Gasteiger partial charge in [-0.2, -0.15) is 0 Å². The molecule has 0 spiro atoms. The quantitative estimate of drug-likeness (QED) is 0.778. The summed E-state index contributed by atoms with van der Waals surface area (Å²) in [7, 11) is 1.64. The van der Waals surface area contributed by atoms with Crippen LogP contribution in [0.2, 0.25) is 0 Å². The number of carbonyl (C=O) groups is 1. The number of carbonyl (C=O) groups excluding carboxylic acids is 1. The van der Waals surface area contributed by atoms with E-state index in [1.807, 2.05) is 43.3 Å². The van der Waals surface area contributed by atoms with Crippen LogP contribution < -0.4 is 4.74 Å². The zero-order valence-corrected chi connectivity index (χ0v) is 11.7. The minimum absolute atomic E-state index is 0.0988. The van der Waals surface area contributed by atoms with Crippen molar-refractivity contribution in [3.05, 3.63) is 53.6 Å². The molecule has 0 radical (unpaired) electrons. The van der Waals surface area contributed by atoms with E-state index in [0.29, 0.717) is 0 Å². The summed E-state index contributed by atoms with van der Waals surface area (Å²) in [5.74, 6) is 0.861. The number of methoxy groups -OCH3 is 1. The topological polar surface area (TPSA) is 26.3 Å². The number of ether oxygens (including phenoxy) is 1. The summed E-state index contributed by atoms with van der Waals surface area (Å²) in [6, 6.07) is 13.7. The van der Waals surface area contributed by atoms with Gasteiger partial charge in [0.25, 0.3) is 0 Å². The highest BCUT2D eigenvalue weighted by Gasteiger charge is 2.26. The van der Waals surface area contributed by atoms with Crippen molar-refractivity contribution in [1.29, 1.82) is 0 Å². The van der Waals surface area contributed by atoms with Gasteiger partial charge in [-0.1, -0.05) is 36.9 Å². The first-order valence-electron chi connectivity index (χ1n) is 6.19. The van der Waals surface area contributed by atoms with Crippen molar-refractivity contribution in [2.45, 2.75) is 22.6 Å². The monoisotopic (exact) mass is 270 g/mol.